The predicted octanol–water partition coefficient (Wildman–Crippen LogP) is 5.85. The van der Waals surface area contributed by atoms with Crippen LogP contribution in [0.1, 0.15) is 34.6 Å². The summed E-state index contributed by atoms with van der Waals surface area (Å²) in [5, 5.41) is 18.8. The van der Waals surface area contributed by atoms with Crippen LogP contribution >= 0.6 is 0 Å². The monoisotopic (exact) mass is 509 g/mol. The van der Waals surface area contributed by atoms with E-state index in [0.717, 1.165) is 6.07 Å². The Balaban J connectivity index is 1.65. The van der Waals surface area contributed by atoms with Crippen LogP contribution < -0.4 is 5.32 Å². The maximum absolute atomic E-state index is 15.0. The number of hydrogen-bond donors (Lipinski definition) is 3. The number of halogens is 4. The molecule has 11 heteroatoms. The number of amides is 1. The number of benzene rings is 2. The number of alkyl halides is 3. The first-order valence-corrected chi connectivity index (χ1v) is 11.1. The van der Waals surface area contributed by atoms with Crippen molar-refractivity contribution in [2.75, 3.05) is 5.32 Å². The molecule has 0 bridgehead atoms. The fraction of sp³-hybridized carbons (Fsp3) is 0.115. The van der Waals surface area contributed by atoms with Crippen molar-refractivity contribution < 1.29 is 27.5 Å². The molecule has 37 heavy (non-hydrogen) atoms. The van der Waals surface area contributed by atoms with E-state index >= 15 is 0 Å². The number of aromatic nitrogens is 4. The van der Waals surface area contributed by atoms with Gasteiger partial charge in [0.1, 0.15) is 5.82 Å². The molecule has 7 nitrogen and oxygen atoms in total. The topological polar surface area (TPSA) is 95.3 Å². The van der Waals surface area contributed by atoms with Crippen LogP contribution in [0, 0.1) is 5.82 Å². The van der Waals surface area contributed by atoms with Gasteiger partial charge >= 0.3 is 6.18 Å². The lowest BCUT2D eigenvalue weighted by molar-refractivity contribution is -0.137. The molecule has 0 aliphatic heterocycles. The minimum Gasteiger partial charge on any atom is -0.387 e. The average Bonchev–Trinajstić information content (AvgIpc) is 3.54. The van der Waals surface area contributed by atoms with Crippen molar-refractivity contribution in [3.05, 3.63) is 95.8 Å². The fourth-order valence-corrected chi connectivity index (χ4v) is 4.15. The van der Waals surface area contributed by atoms with E-state index in [1.807, 2.05) is 6.07 Å². The lowest BCUT2D eigenvalue weighted by Crippen LogP contribution is -2.18. The molecule has 2 aromatic carbocycles. The van der Waals surface area contributed by atoms with Crippen molar-refractivity contribution in [2.24, 2.45) is 0 Å². The molecule has 3 heterocycles. The molecule has 3 aromatic heterocycles. The number of nitrogens with zero attached hydrogens (tertiary/aromatic N) is 3. The maximum Gasteiger partial charge on any atom is 0.417 e. The molecule has 0 saturated heterocycles. The van der Waals surface area contributed by atoms with E-state index < -0.39 is 40.7 Å². The number of aliphatic hydroxyl groups is 1. The summed E-state index contributed by atoms with van der Waals surface area (Å²) in [6, 6.07) is 13.1. The summed E-state index contributed by atoms with van der Waals surface area (Å²) in [6.45, 7) is 1.56. The number of carbonyl (C=O) groups is 1. The minimum absolute atomic E-state index is 0.0247. The second-order valence-corrected chi connectivity index (χ2v) is 8.32. The van der Waals surface area contributed by atoms with Crippen molar-refractivity contribution in [2.45, 2.75) is 19.2 Å². The van der Waals surface area contributed by atoms with E-state index in [9.17, 15) is 27.5 Å². The van der Waals surface area contributed by atoms with Gasteiger partial charge in [-0.05, 0) is 36.8 Å². The van der Waals surface area contributed by atoms with Crippen molar-refractivity contribution in [3.63, 3.8) is 0 Å². The Morgan fingerprint density at radius 2 is 1.86 bits per heavy atom. The van der Waals surface area contributed by atoms with Crippen LogP contribution in [0.3, 0.4) is 0 Å². The van der Waals surface area contributed by atoms with Gasteiger partial charge in [0.2, 0.25) is 0 Å². The number of aliphatic hydroxyl groups excluding tert-OH is 1. The fourth-order valence-electron chi connectivity index (χ4n) is 4.15. The first-order chi connectivity index (χ1) is 17.6. The molecule has 0 saturated carbocycles. The third-order valence-corrected chi connectivity index (χ3v) is 5.91. The number of nitrogens with one attached hydrogen (secondary N) is 2. The number of imidazole rings is 1. The second-order valence-electron chi connectivity index (χ2n) is 8.32. The Bertz CT molecular complexity index is 1590. The van der Waals surface area contributed by atoms with Crippen LogP contribution in [0.2, 0.25) is 0 Å². The zero-order valence-corrected chi connectivity index (χ0v) is 19.2. The van der Waals surface area contributed by atoms with Gasteiger partial charge in [0, 0.05) is 23.5 Å². The van der Waals surface area contributed by atoms with Gasteiger partial charge in [0.25, 0.3) is 5.91 Å². The zero-order chi connectivity index (χ0) is 26.3. The minimum atomic E-state index is -4.87. The Morgan fingerprint density at radius 3 is 2.51 bits per heavy atom. The molecular formula is C26H19F4N5O2. The highest BCUT2D eigenvalue weighted by Crippen LogP contribution is 2.39. The van der Waals surface area contributed by atoms with Crippen LogP contribution in [-0.4, -0.2) is 30.6 Å². The van der Waals surface area contributed by atoms with Crippen molar-refractivity contribution in [1.82, 2.24) is 19.6 Å². The van der Waals surface area contributed by atoms with Gasteiger partial charge in [-0.25, -0.2) is 9.37 Å². The summed E-state index contributed by atoms with van der Waals surface area (Å²) in [4.78, 5) is 17.7. The number of aromatic amines is 1. The Morgan fingerprint density at radius 1 is 1.11 bits per heavy atom. The van der Waals surface area contributed by atoms with E-state index in [-0.39, 0.29) is 17.0 Å². The van der Waals surface area contributed by atoms with Crippen LogP contribution in [0.25, 0.3) is 28.0 Å². The first kappa shape index (κ1) is 24.2. The Kier molecular flexibility index (Phi) is 6.00. The quantitative estimate of drug-likeness (QED) is 0.259. The van der Waals surface area contributed by atoms with Crippen LogP contribution in [0.4, 0.5) is 23.2 Å². The van der Waals surface area contributed by atoms with Gasteiger partial charge in [0.15, 0.2) is 5.65 Å². The molecule has 0 unspecified atom stereocenters. The zero-order valence-electron chi connectivity index (χ0n) is 19.2. The van der Waals surface area contributed by atoms with E-state index in [1.165, 1.54) is 18.5 Å². The summed E-state index contributed by atoms with van der Waals surface area (Å²) >= 11 is 0. The molecule has 0 fully saturated rings. The number of carbonyl (C=O) groups excluding carboxylic acids is 1. The van der Waals surface area contributed by atoms with Crippen LogP contribution in [-0.2, 0) is 6.18 Å². The highest BCUT2D eigenvalue weighted by atomic mass is 19.4. The van der Waals surface area contributed by atoms with Gasteiger partial charge in [-0.1, -0.05) is 30.3 Å². The third kappa shape index (κ3) is 4.45. The normalized spacial score (nSPS) is 12.6. The highest BCUT2D eigenvalue weighted by molar-refractivity contribution is 6.09. The van der Waals surface area contributed by atoms with E-state index in [0.29, 0.717) is 22.9 Å². The molecule has 1 amide bonds. The number of pyridine rings is 1. The predicted molar refractivity (Wildman–Crippen MR) is 128 cm³/mol. The third-order valence-electron chi connectivity index (χ3n) is 5.91. The second kappa shape index (κ2) is 9.17. The largest absolute Gasteiger partial charge is 0.417 e. The van der Waals surface area contributed by atoms with E-state index in [1.54, 1.807) is 47.9 Å². The first-order valence-electron chi connectivity index (χ1n) is 11.1. The van der Waals surface area contributed by atoms with Gasteiger partial charge in [-0.15, -0.1) is 0 Å². The molecule has 0 spiro atoms. The summed E-state index contributed by atoms with van der Waals surface area (Å²) in [5.41, 5.74) is -0.0996. The van der Waals surface area contributed by atoms with Gasteiger partial charge in [-0.3, -0.25) is 14.3 Å². The van der Waals surface area contributed by atoms with Gasteiger partial charge < -0.3 is 10.4 Å². The molecule has 188 valence electrons. The van der Waals surface area contributed by atoms with Crippen molar-refractivity contribution in [1.29, 1.82) is 0 Å². The molecule has 5 rings (SSSR count). The van der Waals surface area contributed by atoms with Crippen molar-refractivity contribution in [3.8, 4) is 22.4 Å². The summed E-state index contributed by atoms with van der Waals surface area (Å²) in [7, 11) is 0. The number of rotatable bonds is 5. The van der Waals surface area contributed by atoms with Gasteiger partial charge in [0.05, 0.1) is 40.5 Å². The van der Waals surface area contributed by atoms with Crippen molar-refractivity contribution >= 4 is 17.2 Å². The smallest absolute Gasteiger partial charge is 0.387 e. The Labute approximate surface area is 207 Å². The SMILES string of the molecule is C[C@H](O)c1cnc2c(NC(=O)c3cc(-c4ccn[nH]4)c(C(F)(F)F)cc3F)c(-c3ccccc3)ccn12. The van der Waals surface area contributed by atoms with Gasteiger partial charge in [-0.2, -0.15) is 18.3 Å². The van der Waals surface area contributed by atoms with Crippen LogP contribution in [0.15, 0.2) is 73.2 Å². The number of H-pyrrole nitrogens is 1. The molecule has 1 atom stereocenters. The molecule has 0 aliphatic carbocycles. The van der Waals surface area contributed by atoms with E-state index in [2.05, 4.69) is 20.5 Å². The molecule has 0 radical (unpaired) electrons. The molecule has 0 aliphatic rings. The summed E-state index contributed by atoms with van der Waals surface area (Å²) in [6.07, 6.45) is -1.36. The number of hydrogen-bond acceptors (Lipinski definition) is 4. The maximum atomic E-state index is 15.0. The highest BCUT2D eigenvalue weighted by Gasteiger charge is 2.36. The standard InChI is InChI=1S/C26H19F4N5O2/c1-14(36)22-13-31-24-23(16(8-10-35(22)24)15-5-3-2-4-6-15)33-25(37)18-11-17(21-7-9-32-34-21)19(12-20(18)27)26(28,29)30/h2-14,36H,1H3,(H,32,34)(H,33,37)/t14-/m0/s1. The summed E-state index contributed by atoms with van der Waals surface area (Å²) in [5.74, 6) is -2.31. The van der Waals surface area contributed by atoms with E-state index in [4.69, 9.17) is 0 Å². The Hall–Kier alpha value is -4.51. The molecule has 5 aromatic rings. The lowest BCUT2D eigenvalue weighted by Gasteiger charge is -2.16. The number of anilines is 1. The average molecular weight is 509 g/mol. The lowest BCUT2D eigenvalue weighted by atomic mass is 9.99. The van der Waals surface area contributed by atoms with Crippen LogP contribution in [0.5, 0.6) is 0 Å². The molecule has 3 N–H and O–H groups in total. The molecular weight excluding hydrogens is 490 g/mol. The summed E-state index contributed by atoms with van der Waals surface area (Å²) < 4.78 is 57.5. The number of fused-ring (bicyclic) bond motifs is 1.